The predicted octanol–water partition coefficient (Wildman–Crippen LogP) is 0.933. The van der Waals surface area contributed by atoms with Gasteiger partial charge in [-0.1, -0.05) is 12.1 Å². The zero-order chi connectivity index (χ0) is 16.0. The minimum absolute atomic E-state index is 0.0771. The van der Waals surface area contributed by atoms with Gasteiger partial charge in [-0.25, -0.2) is 0 Å². The molecule has 0 saturated carbocycles. The summed E-state index contributed by atoms with van der Waals surface area (Å²) >= 11 is 0. The summed E-state index contributed by atoms with van der Waals surface area (Å²) in [4.78, 5) is 25.4. The van der Waals surface area contributed by atoms with Gasteiger partial charge >= 0.3 is 6.18 Å². The van der Waals surface area contributed by atoms with Gasteiger partial charge in [-0.2, -0.15) is 13.2 Å². The van der Waals surface area contributed by atoms with Crippen LogP contribution in [0.4, 0.5) is 13.2 Å². The molecule has 5 nitrogen and oxygen atoms in total. The number of nitrogens with one attached hydrogen (secondary N) is 1. The molecular weight excluding hydrogens is 301 g/mol. The average Bonchev–Trinajstić information content (AvgIpc) is 2.41. The normalized spacial score (nSPS) is 20.8. The Bertz CT molecular complexity index is 609. The molecule has 2 saturated heterocycles. The lowest BCUT2D eigenvalue weighted by atomic mass is 9.90. The Labute approximate surface area is 124 Å². The summed E-state index contributed by atoms with van der Waals surface area (Å²) in [6.45, 7) is 0.172. The predicted molar refractivity (Wildman–Crippen MR) is 68.6 cm³/mol. The fourth-order valence-electron chi connectivity index (χ4n) is 2.58. The van der Waals surface area contributed by atoms with E-state index in [0.717, 1.165) is 12.1 Å². The third kappa shape index (κ3) is 2.33. The smallest absolute Gasteiger partial charge is 0.375 e. The lowest BCUT2D eigenvalue weighted by molar-refractivity contribution is -0.187. The lowest BCUT2D eigenvalue weighted by Gasteiger charge is -2.50. The molecule has 2 amide bonds. The SMILES string of the molecule is O=C1CNC(=O)C2(COC2)N1Cc1ccc(C(F)(F)F)cc1. The quantitative estimate of drug-likeness (QED) is 0.883. The van der Waals surface area contributed by atoms with Crippen LogP contribution >= 0.6 is 0 Å². The number of rotatable bonds is 2. The van der Waals surface area contributed by atoms with Gasteiger partial charge in [0.15, 0.2) is 5.54 Å². The van der Waals surface area contributed by atoms with E-state index in [0.29, 0.717) is 5.56 Å². The van der Waals surface area contributed by atoms with Gasteiger partial charge in [0.05, 0.1) is 25.3 Å². The van der Waals surface area contributed by atoms with E-state index in [2.05, 4.69) is 5.32 Å². The molecule has 1 aromatic carbocycles. The van der Waals surface area contributed by atoms with Crippen molar-refractivity contribution in [1.29, 1.82) is 0 Å². The average molecular weight is 314 g/mol. The van der Waals surface area contributed by atoms with E-state index in [9.17, 15) is 22.8 Å². The molecule has 1 N–H and O–H groups in total. The molecule has 0 aromatic heterocycles. The Balaban J connectivity index is 1.82. The Kier molecular flexibility index (Phi) is 3.36. The Morgan fingerprint density at radius 3 is 2.32 bits per heavy atom. The minimum Gasteiger partial charge on any atom is -0.375 e. The second-order valence-electron chi connectivity index (χ2n) is 5.38. The first kappa shape index (κ1) is 14.8. The first-order valence-corrected chi connectivity index (χ1v) is 6.66. The van der Waals surface area contributed by atoms with Crippen LogP contribution in [0.15, 0.2) is 24.3 Å². The van der Waals surface area contributed by atoms with Crippen molar-refractivity contribution in [2.45, 2.75) is 18.3 Å². The third-order valence-corrected chi connectivity index (χ3v) is 3.94. The fraction of sp³-hybridized carbons (Fsp3) is 0.429. The van der Waals surface area contributed by atoms with Crippen LogP contribution in [0.3, 0.4) is 0 Å². The fourth-order valence-corrected chi connectivity index (χ4v) is 2.58. The van der Waals surface area contributed by atoms with Crippen LogP contribution < -0.4 is 5.32 Å². The summed E-state index contributed by atoms with van der Waals surface area (Å²) in [5, 5.41) is 2.51. The molecule has 1 aromatic rings. The largest absolute Gasteiger partial charge is 0.416 e. The lowest BCUT2D eigenvalue weighted by Crippen LogP contribution is -2.75. The van der Waals surface area contributed by atoms with Gasteiger partial charge in [0.1, 0.15) is 0 Å². The molecular formula is C14H13F3N2O3. The molecule has 0 unspecified atom stereocenters. The Hall–Kier alpha value is -2.09. The third-order valence-electron chi connectivity index (χ3n) is 3.94. The number of halogens is 3. The summed E-state index contributed by atoms with van der Waals surface area (Å²) in [6, 6.07) is 4.56. The standard InChI is InChI=1S/C14H13F3N2O3/c15-14(16,17)10-3-1-9(2-4-10)6-19-11(20)5-18-12(21)13(19)7-22-8-13/h1-4H,5-8H2,(H,18,21). The number of hydrogen-bond donors (Lipinski definition) is 1. The molecule has 8 heteroatoms. The van der Waals surface area contributed by atoms with Crippen molar-refractivity contribution in [1.82, 2.24) is 10.2 Å². The van der Waals surface area contributed by atoms with E-state index >= 15 is 0 Å². The van der Waals surface area contributed by atoms with Crippen LogP contribution in [-0.4, -0.2) is 42.0 Å². The molecule has 2 heterocycles. The Morgan fingerprint density at radius 2 is 1.82 bits per heavy atom. The zero-order valence-electron chi connectivity index (χ0n) is 11.4. The van der Waals surface area contributed by atoms with Crippen molar-refractivity contribution in [3.05, 3.63) is 35.4 Å². The highest BCUT2D eigenvalue weighted by Gasteiger charge is 2.55. The number of amides is 2. The van der Waals surface area contributed by atoms with E-state index in [1.807, 2.05) is 0 Å². The van der Waals surface area contributed by atoms with E-state index < -0.39 is 17.3 Å². The monoisotopic (exact) mass is 314 g/mol. The maximum absolute atomic E-state index is 12.5. The minimum atomic E-state index is -4.40. The van der Waals surface area contributed by atoms with Gasteiger partial charge in [0.2, 0.25) is 5.91 Å². The number of carbonyl (C=O) groups is 2. The number of carbonyl (C=O) groups excluding carboxylic acids is 2. The number of ether oxygens (including phenoxy) is 1. The van der Waals surface area contributed by atoms with Crippen molar-refractivity contribution < 1.29 is 27.5 Å². The van der Waals surface area contributed by atoms with Crippen LogP contribution in [0.1, 0.15) is 11.1 Å². The number of hydrogen-bond acceptors (Lipinski definition) is 3. The molecule has 118 valence electrons. The van der Waals surface area contributed by atoms with Crippen LogP contribution in [0, 0.1) is 0 Å². The highest BCUT2D eigenvalue weighted by molar-refractivity contribution is 5.98. The van der Waals surface area contributed by atoms with Crippen molar-refractivity contribution in [3.8, 4) is 0 Å². The number of benzene rings is 1. The zero-order valence-corrected chi connectivity index (χ0v) is 11.4. The van der Waals surface area contributed by atoms with E-state index in [1.54, 1.807) is 0 Å². The molecule has 0 atom stereocenters. The number of alkyl halides is 3. The molecule has 0 radical (unpaired) electrons. The topological polar surface area (TPSA) is 58.6 Å². The second kappa shape index (κ2) is 4.98. The van der Waals surface area contributed by atoms with Crippen LogP contribution in [0.5, 0.6) is 0 Å². The summed E-state index contributed by atoms with van der Waals surface area (Å²) < 4.78 is 42.7. The van der Waals surface area contributed by atoms with Crippen molar-refractivity contribution >= 4 is 11.8 Å². The maximum Gasteiger partial charge on any atom is 0.416 e. The molecule has 3 rings (SSSR count). The van der Waals surface area contributed by atoms with Crippen molar-refractivity contribution in [2.75, 3.05) is 19.8 Å². The van der Waals surface area contributed by atoms with E-state index in [1.165, 1.54) is 17.0 Å². The molecule has 22 heavy (non-hydrogen) atoms. The highest BCUT2D eigenvalue weighted by atomic mass is 19.4. The van der Waals surface area contributed by atoms with Gasteiger partial charge < -0.3 is 15.0 Å². The first-order chi connectivity index (χ1) is 10.3. The van der Waals surface area contributed by atoms with Crippen molar-refractivity contribution in [2.24, 2.45) is 0 Å². The molecule has 1 spiro atoms. The van der Waals surface area contributed by atoms with Gasteiger partial charge in [-0.15, -0.1) is 0 Å². The second-order valence-corrected chi connectivity index (χ2v) is 5.38. The number of piperazine rings is 1. The van der Waals surface area contributed by atoms with E-state index in [-0.39, 0.29) is 38.1 Å². The molecule has 2 fully saturated rings. The summed E-state index contributed by atoms with van der Waals surface area (Å²) in [7, 11) is 0. The molecule has 2 aliphatic rings. The van der Waals surface area contributed by atoms with Gasteiger partial charge in [0.25, 0.3) is 5.91 Å². The highest BCUT2D eigenvalue weighted by Crippen LogP contribution is 2.32. The van der Waals surface area contributed by atoms with Gasteiger partial charge in [-0.3, -0.25) is 9.59 Å². The molecule has 0 aliphatic carbocycles. The maximum atomic E-state index is 12.5. The summed E-state index contributed by atoms with van der Waals surface area (Å²) in [5.41, 5.74) is -1.25. The van der Waals surface area contributed by atoms with Crippen molar-refractivity contribution in [3.63, 3.8) is 0 Å². The van der Waals surface area contributed by atoms with Gasteiger partial charge in [-0.05, 0) is 17.7 Å². The molecule has 0 bridgehead atoms. The molecule has 2 aliphatic heterocycles. The van der Waals surface area contributed by atoms with Crippen LogP contribution in [0.25, 0.3) is 0 Å². The van der Waals surface area contributed by atoms with Crippen LogP contribution in [0.2, 0.25) is 0 Å². The summed E-state index contributed by atoms with van der Waals surface area (Å²) in [5.74, 6) is -0.562. The summed E-state index contributed by atoms with van der Waals surface area (Å²) in [6.07, 6.45) is -4.40. The first-order valence-electron chi connectivity index (χ1n) is 6.66. The Morgan fingerprint density at radius 1 is 1.18 bits per heavy atom. The van der Waals surface area contributed by atoms with E-state index in [4.69, 9.17) is 4.74 Å². The van der Waals surface area contributed by atoms with Crippen LogP contribution in [-0.2, 0) is 27.0 Å². The number of nitrogens with zero attached hydrogens (tertiary/aromatic N) is 1. The van der Waals surface area contributed by atoms with Gasteiger partial charge in [0, 0.05) is 6.54 Å².